The first kappa shape index (κ1) is 30.5. The zero-order valence-electron chi connectivity index (χ0n) is 23.2. The zero-order valence-corrected chi connectivity index (χ0v) is 24.0. The number of amides is 2. The highest BCUT2D eigenvalue weighted by atomic mass is 32.2. The quantitative estimate of drug-likeness (QED) is 0.257. The number of halogens is 1. The Labute approximate surface area is 244 Å². The van der Waals surface area contributed by atoms with Crippen LogP contribution in [0.4, 0.5) is 14.9 Å². The lowest BCUT2D eigenvalue weighted by Gasteiger charge is -2.31. The van der Waals surface area contributed by atoms with Gasteiger partial charge in [0.25, 0.3) is 5.91 Å². The molecule has 1 heterocycles. The molecule has 4 rings (SSSR count). The lowest BCUT2D eigenvalue weighted by atomic mass is 10.0. The number of aliphatic hydroxyl groups is 2. The molecule has 8 nitrogen and oxygen atoms in total. The summed E-state index contributed by atoms with van der Waals surface area (Å²) in [5.74, 6) is -0.616. The van der Waals surface area contributed by atoms with Gasteiger partial charge in [0, 0.05) is 23.7 Å². The summed E-state index contributed by atoms with van der Waals surface area (Å²) in [5, 5.41) is 23.7. The monoisotopic (exact) mass is 581 g/mol. The van der Waals surface area contributed by atoms with Crippen molar-refractivity contribution in [3.05, 3.63) is 95.8 Å². The maximum absolute atomic E-state index is 13.4. The number of hydrogen-bond donors (Lipinski definition) is 3. The molecule has 3 aromatic carbocycles. The van der Waals surface area contributed by atoms with Gasteiger partial charge in [0.1, 0.15) is 5.82 Å². The number of cyclic esters (lactones) is 1. The predicted molar refractivity (Wildman–Crippen MR) is 157 cm³/mol. The highest BCUT2D eigenvalue weighted by molar-refractivity contribution is 7.97. The Kier molecular flexibility index (Phi) is 10.8. The van der Waals surface area contributed by atoms with Crippen LogP contribution in [0, 0.1) is 11.7 Å². The Balaban J connectivity index is 1.47. The summed E-state index contributed by atoms with van der Waals surface area (Å²) < 4.78 is 20.8. The van der Waals surface area contributed by atoms with Gasteiger partial charge in [-0.25, -0.2) is 13.5 Å². The van der Waals surface area contributed by atoms with Crippen molar-refractivity contribution in [2.45, 2.75) is 50.0 Å². The number of anilines is 1. The number of carbonyl (C=O) groups excluding carboxylic acids is 2. The van der Waals surface area contributed by atoms with Crippen molar-refractivity contribution in [1.82, 2.24) is 9.62 Å². The molecule has 0 saturated carbocycles. The molecule has 3 N–H and O–H groups in total. The van der Waals surface area contributed by atoms with Crippen molar-refractivity contribution < 1.29 is 28.9 Å². The maximum atomic E-state index is 13.4. The Hall–Kier alpha value is -3.44. The van der Waals surface area contributed by atoms with Gasteiger partial charge >= 0.3 is 6.09 Å². The van der Waals surface area contributed by atoms with E-state index in [-0.39, 0.29) is 19.7 Å². The molecule has 2 amide bonds. The van der Waals surface area contributed by atoms with Gasteiger partial charge in [-0.2, -0.15) is 0 Å². The molecule has 0 spiro atoms. The molecule has 1 aliphatic heterocycles. The first-order chi connectivity index (χ1) is 19.7. The van der Waals surface area contributed by atoms with E-state index in [1.165, 1.54) is 41.1 Å². The summed E-state index contributed by atoms with van der Waals surface area (Å²) in [6.07, 6.45) is -2.33. The van der Waals surface area contributed by atoms with Crippen molar-refractivity contribution in [3.8, 4) is 0 Å². The lowest BCUT2D eigenvalue weighted by Crippen LogP contribution is -2.52. The number of carbonyl (C=O) groups is 2. The predicted octanol–water partition coefficient (Wildman–Crippen LogP) is 4.40. The van der Waals surface area contributed by atoms with Gasteiger partial charge in [0.15, 0.2) is 6.10 Å². The van der Waals surface area contributed by atoms with Crippen LogP contribution in [0.25, 0.3) is 0 Å². The molecule has 3 aromatic rings. The second kappa shape index (κ2) is 14.5. The second-order valence-electron chi connectivity index (χ2n) is 10.5. The number of rotatable bonds is 13. The Morgan fingerprint density at radius 1 is 1.05 bits per heavy atom. The minimum absolute atomic E-state index is 0.0242. The molecule has 41 heavy (non-hydrogen) atoms. The minimum atomic E-state index is -1.08. The molecule has 1 fully saturated rings. The van der Waals surface area contributed by atoms with E-state index in [0.29, 0.717) is 24.6 Å². The molecular weight excluding hydrogens is 545 g/mol. The first-order valence-corrected chi connectivity index (χ1v) is 14.4. The smallest absolute Gasteiger partial charge is 0.415 e. The van der Waals surface area contributed by atoms with E-state index in [1.807, 2.05) is 54.6 Å². The Morgan fingerprint density at radius 2 is 1.73 bits per heavy atom. The van der Waals surface area contributed by atoms with Crippen molar-refractivity contribution in [3.63, 3.8) is 0 Å². The second-order valence-corrected chi connectivity index (χ2v) is 11.6. The summed E-state index contributed by atoms with van der Waals surface area (Å²) >= 11 is 1.51. The van der Waals surface area contributed by atoms with E-state index in [9.17, 15) is 24.2 Å². The third-order valence-corrected chi connectivity index (χ3v) is 7.67. The molecule has 1 saturated heterocycles. The van der Waals surface area contributed by atoms with Crippen LogP contribution < -0.4 is 10.2 Å². The molecule has 3 unspecified atom stereocenters. The van der Waals surface area contributed by atoms with Gasteiger partial charge in [-0.05, 0) is 71.8 Å². The topological polar surface area (TPSA) is 102 Å². The third kappa shape index (κ3) is 8.77. The van der Waals surface area contributed by atoms with Crippen molar-refractivity contribution in [1.29, 1.82) is 0 Å². The van der Waals surface area contributed by atoms with E-state index in [4.69, 9.17) is 4.74 Å². The van der Waals surface area contributed by atoms with Crippen LogP contribution in [-0.2, 0) is 22.6 Å². The number of nitrogens with one attached hydrogen (secondary N) is 1. The molecule has 3 atom stereocenters. The van der Waals surface area contributed by atoms with Gasteiger partial charge < -0.3 is 20.3 Å². The maximum Gasteiger partial charge on any atom is 0.415 e. The van der Waals surface area contributed by atoms with Crippen LogP contribution in [-0.4, -0.2) is 64.4 Å². The molecule has 218 valence electrons. The third-order valence-electron chi connectivity index (χ3n) is 6.63. The van der Waals surface area contributed by atoms with Gasteiger partial charge in [-0.1, -0.05) is 56.3 Å². The number of nitrogens with zero attached hydrogens (tertiary/aromatic N) is 2. The minimum Gasteiger partial charge on any atom is -0.434 e. The molecule has 1 aliphatic rings. The van der Waals surface area contributed by atoms with Crippen LogP contribution in [0.2, 0.25) is 0 Å². The standard InChI is InChI=1S/C31H36FN3O5S/c1-21(2)17-34(41-26-14-8-23(20-36)9-15-26)18-28(37)27(16-22-6-4-3-5-7-22)33-30(38)29-19-35(31(39)40-29)25-12-10-24(32)11-13-25/h3-15,21,27-29,36-37H,16-20H2,1-2H3,(H,33,38). The fourth-order valence-electron chi connectivity index (χ4n) is 4.56. The zero-order chi connectivity index (χ0) is 29.4. The van der Waals surface area contributed by atoms with Crippen LogP contribution in [0.3, 0.4) is 0 Å². The van der Waals surface area contributed by atoms with E-state index >= 15 is 0 Å². The summed E-state index contributed by atoms with van der Waals surface area (Å²) in [4.78, 5) is 28.1. The largest absolute Gasteiger partial charge is 0.434 e. The SMILES string of the molecule is CC(C)CN(CC(O)C(Cc1ccccc1)NC(=O)C1CN(c2ccc(F)cc2)C(=O)O1)Sc1ccc(CO)cc1. The van der Waals surface area contributed by atoms with E-state index in [2.05, 4.69) is 23.5 Å². The Morgan fingerprint density at radius 3 is 2.37 bits per heavy atom. The van der Waals surface area contributed by atoms with Gasteiger partial charge in [0.05, 0.1) is 25.3 Å². The van der Waals surface area contributed by atoms with Gasteiger partial charge in [0.2, 0.25) is 0 Å². The van der Waals surface area contributed by atoms with Crippen molar-refractivity contribution in [2.75, 3.05) is 24.5 Å². The summed E-state index contributed by atoms with van der Waals surface area (Å²) in [7, 11) is 0. The van der Waals surface area contributed by atoms with Crippen molar-refractivity contribution >= 4 is 29.6 Å². The normalized spacial score (nSPS) is 16.6. The molecule has 0 aliphatic carbocycles. The molecule has 0 radical (unpaired) electrons. The summed E-state index contributed by atoms with van der Waals surface area (Å²) in [6, 6.07) is 21.9. The number of hydrogen-bond acceptors (Lipinski definition) is 7. The summed E-state index contributed by atoms with van der Waals surface area (Å²) in [5.41, 5.74) is 2.19. The fourth-order valence-corrected chi connectivity index (χ4v) is 5.71. The first-order valence-electron chi connectivity index (χ1n) is 13.6. The average Bonchev–Trinajstić information content (AvgIpc) is 3.35. The van der Waals surface area contributed by atoms with Gasteiger partial charge in [-0.3, -0.25) is 9.69 Å². The van der Waals surface area contributed by atoms with Crippen LogP contribution in [0.1, 0.15) is 25.0 Å². The van der Waals surface area contributed by atoms with E-state index in [0.717, 1.165) is 16.0 Å². The van der Waals surface area contributed by atoms with Crippen LogP contribution in [0.5, 0.6) is 0 Å². The molecular formula is C31H36FN3O5S. The average molecular weight is 582 g/mol. The molecule has 0 bridgehead atoms. The number of aliphatic hydroxyl groups excluding tert-OH is 2. The van der Waals surface area contributed by atoms with Gasteiger partial charge in [-0.15, -0.1) is 0 Å². The van der Waals surface area contributed by atoms with Crippen LogP contribution >= 0.6 is 11.9 Å². The highest BCUT2D eigenvalue weighted by Crippen LogP contribution is 2.26. The Bertz CT molecular complexity index is 1280. The molecule has 10 heteroatoms. The lowest BCUT2D eigenvalue weighted by molar-refractivity contribution is -0.129. The highest BCUT2D eigenvalue weighted by Gasteiger charge is 2.38. The van der Waals surface area contributed by atoms with Crippen LogP contribution in [0.15, 0.2) is 83.8 Å². The van der Waals surface area contributed by atoms with E-state index in [1.54, 1.807) is 0 Å². The fraction of sp³-hybridized carbons (Fsp3) is 0.355. The summed E-state index contributed by atoms with van der Waals surface area (Å²) in [6.45, 7) is 5.11. The number of ether oxygens (including phenoxy) is 1. The number of benzene rings is 3. The van der Waals surface area contributed by atoms with E-state index < -0.39 is 36.1 Å². The molecule has 0 aromatic heterocycles. The van der Waals surface area contributed by atoms with Crippen molar-refractivity contribution in [2.24, 2.45) is 5.92 Å².